The van der Waals surface area contributed by atoms with Gasteiger partial charge in [0, 0.05) is 18.8 Å². The highest BCUT2D eigenvalue weighted by Crippen LogP contribution is 2.23. The standard InChI is InChI=1S/C23H33NO2/c1-4-5-6-7-8-9-17-24(21-13-15-22(25-2)16-14-21)19-20-11-10-12-23(18-20)26-3/h10-16,18H,4-9,17,19H2,1-3H3. The molecule has 0 aliphatic heterocycles. The van der Waals surface area contributed by atoms with Crippen LogP contribution in [-0.2, 0) is 6.54 Å². The molecule has 0 amide bonds. The average molecular weight is 356 g/mol. The summed E-state index contributed by atoms with van der Waals surface area (Å²) in [5, 5.41) is 0. The summed E-state index contributed by atoms with van der Waals surface area (Å²) in [6.07, 6.45) is 7.86. The van der Waals surface area contributed by atoms with E-state index in [1.54, 1.807) is 14.2 Å². The van der Waals surface area contributed by atoms with Gasteiger partial charge in [-0.25, -0.2) is 0 Å². The van der Waals surface area contributed by atoms with Crippen molar-refractivity contribution in [3.05, 3.63) is 54.1 Å². The summed E-state index contributed by atoms with van der Waals surface area (Å²) in [6, 6.07) is 16.7. The number of hydrogen-bond donors (Lipinski definition) is 0. The highest BCUT2D eigenvalue weighted by atomic mass is 16.5. The van der Waals surface area contributed by atoms with Crippen LogP contribution in [-0.4, -0.2) is 20.8 Å². The van der Waals surface area contributed by atoms with Crippen molar-refractivity contribution in [3.63, 3.8) is 0 Å². The van der Waals surface area contributed by atoms with Crippen molar-refractivity contribution >= 4 is 5.69 Å². The third-order valence-corrected chi connectivity index (χ3v) is 4.73. The zero-order valence-electron chi connectivity index (χ0n) is 16.5. The zero-order valence-corrected chi connectivity index (χ0v) is 16.5. The van der Waals surface area contributed by atoms with Gasteiger partial charge in [-0.05, 0) is 48.4 Å². The van der Waals surface area contributed by atoms with Crippen LogP contribution in [0.2, 0.25) is 0 Å². The van der Waals surface area contributed by atoms with Crippen molar-refractivity contribution in [2.75, 3.05) is 25.7 Å². The first kappa shape index (κ1) is 20.2. The molecule has 0 unspecified atom stereocenters. The van der Waals surface area contributed by atoms with Gasteiger partial charge in [0.05, 0.1) is 14.2 Å². The highest BCUT2D eigenvalue weighted by molar-refractivity contribution is 5.49. The predicted molar refractivity (Wildman–Crippen MR) is 110 cm³/mol. The first-order chi connectivity index (χ1) is 12.8. The van der Waals surface area contributed by atoms with Gasteiger partial charge in [-0.1, -0.05) is 51.2 Å². The number of benzene rings is 2. The second-order valence-electron chi connectivity index (χ2n) is 6.74. The molecule has 0 heterocycles. The largest absolute Gasteiger partial charge is 0.497 e. The maximum atomic E-state index is 5.37. The molecule has 0 atom stereocenters. The van der Waals surface area contributed by atoms with Crippen LogP contribution in [0.3, 0.4) is 0 Å². The molecule has 0 fully saturated rings. The van der Waals surface area contributed by atoms with E-state index < -0.39 is 0 Å². The molecule has 0 N–H and O–H groups in total. The van der Waals surface area contributed by atoms with E-state index >= 15 is 0 Å². The lowest BCUT2D eigenvalue weighted by Gasteiger charge is -2.25. The summed E-state index contributed by atoms with van der Waals surface area (Å²) >= 11 is 0. The van der Waals surface area contributed by atoms with E-state index in [1.807, 2.05) is 18.2 Å². The predicted octanol–water partition coefficient (Wildman–Crippen LogP) is 6.07. The Morgan fingerprint density at radius 2 is 1.46 bits per heavy atom. The molecule has 2 aromatic rings. The molecule has 0 radical (unpaired) electrons. The molecule has 0 saturated heterocycles. The molecule has 2 aromatic carbocycles. The van der Waals surface area contributed by atoms with E-state index in [9.17, 15) is 0 Å². The fraction of sp³-hybridized carbons (Fsp3) is 0.478. The van der Waals surface area contributed by atoms with Crippen LogP contribution >= 0.6 is 0 Å². The van der Waals surface area contributed by atoms with Crippen molar-refractivity contribution in [2.45, 2.75) is 52.0 Å². The number of hydrogen-bond acceptors (Lipinski definition) is 3. The van der Waals surface area contributed by atoms with Gasteiger partial charge in [0.2, 0.25) is 0 Å². The van der Waals surface area contributed by atoms with Gasteiger partial charge in [0.1, 0.15) is 11.5 Å². The van der Waals surface area contributed by atoms with E-state index in [4.69, 9.17) is 9.47 Å². The minimum Gasteiger partial charge on any atom is -0.497 e. The molecule has 142 valence electrons. The topological polar surface area (TPSA) is 21.7 Å². The summed E-state index contributed by atoms with van der Waals surface area (Å²) in [6.45, 7) is 4.22. The smallest absolute Gasteiger partial charge is 0.119 e. The molecule has 3 heteroatoms. The second-order valence-corrected chi connectivity index (χ2v) is 6.74. The van der Waals surface area contributed by atoms with Crippen LogP contribution < -0.4 is 14.4 Å². The first-order valence-corrected chi connectivity index (χ1v) is 9.78. The van der Waals surface area contributed by atoms with Crippen molar-refractivity contribution in [2.24, 2.45) is 0 Å². The fourth-order valence-electron chi connectivity index (χ4n) is 3.17. The third kappa shape index (κ3) is 6.62. The van der Waals surface area contributed by atoms with Gasteiger partial charge >= 0.3 is 0 Å². The molecule has 0 saturated carbocycles. The average Bonchev–Trinajstić information content (AvgIpc) is 2.70. The van der Waals surface area contributed by atoms with Gasteiger partial charge in [-0.15, -0.1) is 0 Å². The van der Waals surface area contributed by atoms with E-state index in [-0.39, 0.29) is 0 Å². The SMILES string of the molecule is CCCCCCCCN(Cc1cccc(OC)c1)c1ccc(OC)cc1. The van der Waals surface area contributed by atoms with Crippen LogP contribution in [0.4, 0.5) is 5.69 Å². The van der Waals surface area contributed by atoms with Gasteiger partial charge < -0.3 is 14.4 Å². The Kier molecular flexibility index (Phi) is 8.88. The number of methoxy groups -OCH3 is 2. The Labute approximate surface area is 158 Å². The van der Waals surface area contributed by atoms with E-state index in [1.165, 1.54) is 49.8 Å². The van der Waals surface area contributed by atoms with Gasteiger partial charge in [-0.3, -0.25) is 0 Å². The molecule has 26 heavy (non-hydrogen) atoms. The minimum atomic E-state index is 0.887. The Balaban J connectivity index is 2.02. The molecular formula is C23H33NO2. The number of nitrogens with zero attached hydrogens (tertiary/aromatic N) is 1. The monoisotopic (exact) mass is 355 g/mol. The number of rotatable bonds is 12. The molecule has 0 aliphatic rings. The van der Waals surface area contributed by atoms with Gasteiger partial charge in [0.15, 0.2) is 0 Å². The van der Waals surface area contributed by atoms with Crippen LogP contribution in [0.25, 0.3) is 0 Å². The Morgan fingerprint density at radius 1 is 0.769 bits per heavy atom. The van der Waals surface area contributed by atoms with Crippen LogP contribution in [0.5, 0.6) is 11.5 Å². The molecule has 0 bridgehead atoms. The number of ether oxygens (including phenoxy) is 2. The maximum absolute atomic E-state index is 5.37. The van der Waals surface area contributed by atoms with Gasteiger partial charge in [-0.2, -0.15) is 0 Å². The minimum absolute atomic E-state index is 0.887. The molecule has 0 aromatic heterocycles. The Hall–Kier alpha value is -2.16. The summed E-state index contributed by atoms with van der Waals surface area (Å²) in [5.74, 6) is 1.81. The maximum Gasteiger partial charge on any atom is 0.119 e. The summed E-state index contributed by atoms with van der Waals surface area (Å²) in [5.41, 5.74) is 2.51. The lowest BCUT2D eigenvalue weighted by molar-refractivity contribution is 0.414. The van der Waals surface area contributed by atoms with E-state index in [2.05, 4.69) is 42.2 Å². The van der Waals surface area contributed by atoms with Crippen molar-refractivity contribution in [1.29, 1.82) is 0 Å². The van der Waals surface area contributed by atoms with Crippen molar-refractivity contribution < 1.29 is 9.47 Å². The van der Waals surface area contributed by atoms with E-state index in [0.717, 1.165) is 24.6 Å². The van der Waals surface area contributed by atoms with Crippen LogP contribution in [0, 0.1) is 0 Å². The summed E-state index contributed by atoms with van der Waals surface area (Å²) < 4.78 is 10.7. The molecular weight excluding hydrogens is 322 g/mol. The molecule has 3 nitrogen and oxygen atoms in total. The highest BCUT2D eigenvalue weighted by Gasteiger charge is 2.09. The zero-order chi connectivity index (χ0) is 18.6. The molecule has 0 aliphatic carbocycles. The Morgan fingerprint density at radius 3 is 2.15 bits per heavy atom. The summed E-state index contributed by atoms with van der Waals surface area (Å²) in [4.78, 5) is 2.45. The van der Waals surface area contributed by atoms with Crippen LogP contribution in [0.1, 0.15) is 51.0 Å². The number of anilines is 1. The third-order valence-electron chi connectivity index (χ3n) is 4.73. The number of unbranched alkanes of at least 4 members (excludes halogenated alkanes) is 5. The lowest BCUT2D eigenvalue weighted by Crippen LogP contribution is -2.23. The quantitative estimate of drug-likeness (QED) is 0.431. The lowest BCUT2D eigenvalue weighted by atomic mass is 10.1. The Bertz CT molecular complexity index is 624. The van der Waals surface area contributed by atoms with Crippen LogP contribution in [0.15, 0.2) is 48.5 Å². The second kappa shape index (κ2) is 11.5. The fourth-order valence-corrected chi connectivity index (χ4v) is 3.17. The first-order valence-electron chi connectivity index (χ1n) is 9.78. The molecule has 2 rings (SSSR count). The van der Waals surface area contributed by atoms with E-state index in [0.29, 0.717) is 0 Å². The normalized spacial score (nSPS) is 10.6. The van der Waals surface area contributed by atoms with Crippen molar-refractivity contribution in [3.8, 4) is 11.5 Å². The molecule has 0 spiro atoms. The van der Waals surface area contributed by atoms with Gasteiger partial charge in [0.25, 0.3) is 0 Å². The summed E-state index contributed by atoms with van der Waals surface area (Å²) in [7, 11) is 3.43. The van der Waals surface area contributed by atoms with Crippen molar-refractivity contribution in [1.82, 2.24) is 0 Å².